The first kappa shape index (κ1) is 12.4. The van der Waals surface area contributed by atoms with E-state index in [4.69, 9.17) is 0 Å². The van der Waals surface area contributed by atoms with Crippen molar-refractivity contribution in [1.29, 1.82) is 0 Å². The highest BCUT2D eigenvalue weighted by Crippen LogP contribution is 2.30. The molecule has 2 atom stereocenters. The van der Waals surface area contributed by atoms with Crippen LogP contribution >= 0.6 is 0 Å². The summed E-state index contributed by atoms with van der Waals surface area (Å²) in [6.07, 6.45) is 9.92. The molecule has 0 amide bonds. The van der Waals surface area contributed by atoms with E-state index in [1.165, 1.54) is 58.0 Å². The van der Waals surface area contributed by atoms with Crippen molar-refractivity contribution in [2.24, 2.45) is 5.92 Å². The lowest BCUT2D eigenvalue weighted by Crippen LogP contribution is -2.47. The quantitative estimate of drug-likeness (QED) is 0.793. The molecule has 16 heavy (non-hydrogen) atoms. The summed E-state index contributed by atoms with van der Waals surface area (Å²) in [5.74, 6) is 1.00. The number of hydrogen-bond acceptors (Lipinski definition) is 2. The van der Waals surface area contributed by atoms with Gasteiger partial charge in [0.2, 0.25) is 0 Å². The van der Waals surface area contributed by atoms with E-state index in [1.807, 2.05) is 0 Å². The molecule has 1 saturated heterocycles. The van der Waals surface area contributed by atoms with Crippen LogP contribution < -0.4 is 5.32 Å². The molecule has 0 aromatic carbocycles. The van der Waals surface area contributed by atoms with Crippen LogP contribution in [0.2, 0.25) is 0 Å². The standard InChI is InChI=1S/C14H28N2/c1-3-12-5-4-6-14(11-12)16(2)13-7-9-15-10-8-13/h12-15H,3-11H2,1-2H3. The van der Waals surface area contributed by atoms with Crippen LogP contribution in [0.25, 0.3) is 0 Å². The first-order valence-corrected chi connectivity index (χ1v) is 7.24. The minimum Gasteiger partial charge on any atom is -0.317 e. The van der Waals surface area contributed by atoms with Gasteiger partial charge in [-0.25, -0.2) is 0 Å². The third-order valence-electron chi connectivity index (χ3n) is 4.79. The first-order valence-electron chi connectivity index (χ1n) is 7.24. The molecule has 2 aliphatic rings. The second kappa shape index (κ2) is 6.02. The van der Waals surface area contributed by atoms with Gasteiger partial charge in [-0.3, -0.25) is 0 Å². The van der Waals surface area contributed by atoms with Crippen molar-refractivity contribution < 1.29 is 0 Å². The molecular formula is C14H28N2. The molecule has 2 nitrogen and oxygen atoms in total. The van der Waals surface area contributed by atoms with Gasteiger partial charge in [0.25, 0.3) is 0 Å². The van der Waals surface area contributed by atoms with Gasteiger partial charge in [0, 0.05) is 12.1 Å². The molecule has 94 valence electrons. The summed E-state index contributed by atoms with van der Waals surface area (Å²) in [6, 6.07) is 1.73. The number of nitrogens with zero attached hydrogens (tertiary/aromatic N) is 1. The first-order chi connectivity index (χ1) is 7.81. The van der Waals surface area contributed by atoms with E-state index in [2.05, 4.69) is 24.2 Å². The number of hydrogen-bond donors (Lipinski definition) is 1. The van der Waals surface area contributed by atoms with Crippen LogP contribution in [-0.4, -0.2) is 37.1 Å². The fraction of sp³-hybridized carbons (Fsp3) is 1.00. The van der Waals surface area contributed by atoms with E-state index in [0.29, 0.717) is 0 Å². The largest absolute Gasteiger partial charge is 0.317 e. The van der Waals surface area contributed by atoms with Gasteiger partial charge in [0.05, 0.1) is 0 Å². The Bertz CT molecular complexity index is 199. The molecule has 2 fully saturated rings. The summed E-state index contributed by atoms with van der Waals surface area (Å²) in [4.78, 5) is 2.71. The number of piperidine rings is 1. The van der Waals surface area contributed by atoms with Crippen LogP contribution in [0.3, 0.4) is 0 Å². The lowest BCUT2D eigenvalue weighted by Gasteiger charge is -2.41. The monoisotopic (exact) mass is 224 g/mol. The number of nitrogens with one attached hydrogen (secondary N) is 1. The zero-order chi connectivity index (χ0) is 11.4. The Labute approximate surface area is 101 Å². The number of rotatable bonds is 3. The molecule has 1 heterocycles. The molecule has 0 spiro atoms. The molecule has 1 N–H and O–H groups in total. The van der Waals surface area contributed by atoms with Gasteiger partial charge < -0.3 is 10.2 Å². The Morgan fingerprint density at radius 2 is 1.81 bits per heavy atom. The molecule has 2 unspecified atom stereocenters. The summed E-state index contributed by atoms with van der Waals surface area (Å²) < 4.78 is 0. The molecular weight excluding hydrogens is 196 g/mol. The van der Waals surface area contributed by atoms with Crippen LogP contribution in [-0.2, 0) is 0 Å². The van der Waals surface area contributed by atoms with Crippen LogP contribution in [0, 0.1) is 5.92 Å². The molecule has 1 aliphatic carbocycles. The van der Waals surface area contributed by atoms with Gasteiger partial charge in [-0.05, 0) is 51.7 Å². The van der Waals surface area contributed by atoms with Crippen LogP contribution in [0.15, 0.2) is 0 Å². The van der Waals surface area contributed by atoms with Crippen LogP contribution in [0.5, 0.6) is 0 Å². The van der Waals surface area contributed by atoms with Crippen molar-refractivity contribution in [1.82, 2.24) is 10.2 Å². The van der Waals surface area contributed by atoms with E-state index in [9.17, 15) is 0 Å². The fourth-order valence-corrected chi connectivity index (χ4v) is 3.52. The van der Waals surface area contributed by atoms with Gasteiger partial charge in [0.1, 0.15) is 0 Å². The zero-order valence-electron chi connectivity index (χ0n) is 11.0. The zero-order valence-corrected chi connectivity index (χ0v) is 11.0. The van der Waals surface area contributed by atoms with Crippen molar-refractivity contribution in [3.63, 3.8) is 0 Å². The predicted octanol–water partition coefficient (Wildman–Crippen LogP) is 2.64. The van der Waals surface area contributed by atoms with Crippen molar-refractivity contribution in [3.8, 4) is 0 Å². The van der Waals surface area contributed by atoms with Crippen molar-refractivity contribution in [3.05, 3.63) is 0 Å². The highest BCUT2D eigenvalue weighted by Gasteiger charge is 2.28. The maximum atomic E-state index is 3.47. The minimum absolute atomic E-state index is 0.849. The molecule has 0 aromatic heterocycles. The van der Waals surface area contributed by atoms with Crippen molar-refractivity contribution >= 4 is 0 Å². The molecule has 0 bridgehead atoms. The fourth-order valence-electron chi connectivity index (χ4n) is 3.52. The smallest absolute Gasteiger partial charge is 0.0119 e. The highest BCUT2D eigenvalue weighted by molar-refractivity contribution is 4.84. The minimum atomic E-state index is 0.849. The van der Waals surface area contributed by atoms with E-state index >= 15 is 0 Å². The SMILES string of the molecule is CCC1CCCC(N(C)C2CCNCC2)C1. The van der Waals surface area contributed by atoms with Crippen LogP contribution in [0.4, 0.5) is 0 Å². The molecule has 2 heteroatoms. The van der Waals surface area contributed by atoms with Crippen molar-refractivity contribution in [2.75, 3.05) is 20.1 Å². The summed E-state index contributed by atoms with van der Waals surface area (Å²) in [7, 11) is 2.37. The molecule has 0 aromatic rings. The van der Waals surface area contributed by atoms with E-state index in [0.717, 1.165) is 18.0 Å². The van der Waals surface area contributed by atoms with Crippen LogP contribution in [0.1, 0.15) is 51.9 Å². The average molecular weight is 224 g/mol. The van der Waals surface area contributed by atoms with E-state index in [1.54, 1.807) is 0 Å². The Morgan fingerprint density at radius 1 is 1.06 bits per heavy atom. The third-order valence-corrected chi connectivity index (χ3v) is 4.79. The van der Waals surface area contributed by atoms with Gasteiger partial charge in [0.15, 0.2) is 0 Å². The molecule has 0 radical (unpaired) electrons. The van der Waals surface area contributed by atoms with Crippen molar-refractivity contribution in [2.45, 2.75) is 64.0 Å². The molecule has 1 aliphatic heterocycles. The Hall–Kier alpha value is -0.0800. The summed E-state index contributed by atoms with van der Waals surface area (Å²) in [6.45, 7) is 4.80. The van der Waals surface area contributed by atoms with E-state index < -0.39 is 0 Å². The topological polar surface area (TPSA) is 15.3 Å². The predicted molar refractivity (Wildman–Crippen MR) is 69.7 cm³/mol. The van der Waals surface area contributed by atoms with E-state index in [-0.39, 0.29) is 0 Å². The van der Waals surface area contributed by atoms with Gasteiger partial charge in [-0.2, -0.15) is 0 Å². The summed E-state index contributed by atoms with van der Waals surface area (Å²) in [5, 5.41) is 3.47. The van der Waals surface area contributed by atoms with Gasteiger partial charge in [-0.1, -0.05) is 26.2 Å². The van der Waals surface area contributed by atoms with Gasteiger partial charge >= 0.3 is 0 Å². The average Bonchev–Trinajstić information content (AvgIpc) is 2.39. The second-order valence-corrected chi connectivity index (χ2v) is 5.74. The van der Waals surface area contributed by atoms with Gasteiger partial charge in [-0.15, -0.1) is 0 Å². The Kier molecular flexibility index (Phi) is 4.66. The second-order valence-electron chi connectivity index (χ2n) is 5.74. The Balaban J connectivity index is 1.84. The maximum absolute atomic E-state index is 3.47. The normalized spacial score (nSPS) is 33.2. The highest BCUT2D eigenvalue weighted by atomic mass is 15.2. The summed E-state index contributed by atoms with van der Waals surface area (Å²) in [5.41, 5.74) is 0. The molecule has 1 saturated carbocycles. The molecule has 2 rings (SSSR count). The third kappa shape index (κ3) is 2.98. The lowest BCUT2D eigenvalue weighted by atomic mass is 9.83. The Morgan fingerprint density at radius 3 is 2.50 bits per heavy atom. The lowest BCUT2D eigenvalue weighted by molar-refractivity contribution is 0.0953. The maximum Gasteiger partial charge on any atom is 0.0119 e. The summed E-state index contributed by atoms with van der Waals surface area (Å²) >= 11 is 0.